The van der Waals surface area contributed by atoms with Crippen molar-refractivity contribution in [1.82, 2.24) is 5.32 Å². The Balaban J connectivity index is 3.90. The van der Waals surface area contributed by atoms with E-state index < -0.39 is 20.0 Å². The average Bonchev–Trinajstić information content (AvgIpc) is 3.38. The van der Waals surface area contributed by atoms with Crippen LogP contribution in [0.25, 0.3) is 0 Å². The SMILES string of the molecule is CCCCCCCCCCCCCCCCCC/C=C\CCCCCCCCCCCCCCCCCCCC(=O)NC(COP(=O)(O)OCC[N+](C)(C)C)C(O)CCCCCCCCCCCCCCCCCCC. The van der Waals surface area contributed by atoms with Crippen LogP contribution in [0, 0.1) is 0 Å². The van der Waals surface area contributed by atoms with Crippen LogP contribution in [-0.2, 0) is 18.4 Å². The minimum absolute atomic E-state index is 0.0780. The molecule has 0 aromatic rings. The van der Waals surface area contributed by atoms with E-state index in [1.165, 1.54) is 295 Å². The lowest BCUT2D eigenvalue weighted by atomic mass is 10.0. The number of likely N-dealkylation sites (N-methyl/N-ethyl adjacent to an activating group) is 1. The summed E-state index contributed by atoms with van der Waals surface area (Å²) >= 11 is 0. The lowest BCUT2D eigenvalue weighted by Crippen LogP contribution is -2.46. The number of allylic oxidation sites excluding steroid dienone is 2. The van der Waals surface area contributed by atoms with Crippen LogP contribution in [0.3, 0.4) is 0 Å². The van der Waals surface area contributed by atoms with Gasteiger partial charge in [0.25, 0.3) is 0 Å². The molecule has 9 heteroatoms. The fourth-order valence-corrected chi connectivity index (χ4v) is 11.4. The summed E-state index contributed by atoms with van der Waals surface area (Å²) in [4.78, 5) is 23.4. The summed E-state index contributed by atoms with van der Waals surface area (Å²) < 4.78 is 23.8. The number of aliphatic hydroxyl groups excluding tert-OH is 1. The highest BCUT2D eigenvalue weighted by atomic mass is 31.2. The van der Waals surface area contributed by atoms with Gasteiger partial charge in [0, 0.05) is 6.42 Å². The Kier molecular flexibility index (Phi) is 58.3. The van der Waals surface area contributed by atoms with Crippen molar-refractivity contribution in [3.63, 3.8) is 0 Å². The standard InChI is InChI=1S/C67H135N2O6P/c1-6-8-10-12-14-16-18-20-22-24-25-26-27-28-29-30-31-32-33-34-35-36-37-38-39-40-41-42-43-45-47-49-51-53-55-57-59-61-67(71)68-65(64-75-76(72,73)74-63-62-69(3,4)5)66(70)60-58-56-54-52-50-48-46-44-23-21-19-17-15-13-11-9-7-2/h32-33,65-66,70H,6-31,34-64H2,1-5H3,(H-,68,71,72,73)/p+1/b33-32-. The van der Waals surface area contributed by atoms with E-state index in [-0.39, 0.29) is 19.1 Å². The number of amides is 1. The molecule has 454 valence electrons. The van der Waals surface area contributed by atoms with Crippen molar-refractivity contribution >= 4 is 13.7 Å². The lowest BCUT2D eigenvalue weighted by Gasteiger charge is -2.26. The van der Waals surface area contributed by atoms with Gasteiger partial charge in [-0.1, -0.05) is 328 Å². The van der Waals surface area contributed by atoms with Crippen molar-refractivity contribution in [1.29, 1.82) is 0 Å². The molecule has 0 spiro atoms. The second-order valence-electron chi connectivity index (χ2n) is 24.9. The third-order valence-electron chi connectivity index (χ3n) is 16.0. The van der Waals surface area contributed by atoms with Crippen LogP contribution in [-0.4, -0.2) is 73.4 Å². The molecule has 0 radical (unpaired) electrons. The summed E-state index contributed by atoms with van der Waals surface area (Å²) in [6, 6.07) is -0.757. The van der Waals surface area contributed by atoms with Gasteiger partial charge in [-0.15, -0.1) is 0 Å². The topological polar surface area (TPSA) is 105 Å². The fraction of sp³-hybridized carbons (Fsp3) is 0.955. The van der Waals surface area contributed by atoms with Crippen LogP contribution < -0.4 is 5.32 Å². The van der Waals surface area contributed by atoms with E-state index >= 15 is 0 Å². The summed E-state index contributed by atoms with van der Waals surface area (Å²) in [7, 11) is 1.64. The summed E-state index contributed by atoms with van der Waals surface area (Å²) in [5, 5.41) is 14.1. The van der Waals surface area contributed by atoms with Crippen molar-refractivity contribution in [3.05, 3.63) is 12.2 Å². The van der Waals surface area contributed by atoms with Crippen LogP contribution in [0.1, 0.15) is 361 Å². The van der Waals surface area contributed by atoms with Crippen LogP contribution in [0.15, 0.2) is 12.2 Å². The van der Waals surface area contributed by atoms with Gasteiger partial charge in [0.05, 0.1) is 39.9 Å². The first-order chi connectivity index (χ1) is 37.0. The number of phosphoric acid groups is 1. The van der Waals surface area contributed by atoms with Gasteiger partial charge in [0.2, 0.25) is 5.91 Å². The van der Waals surface area contributed by atoms with Crippen LogP contribution in [0.4, 0.5) is 0 Å². The smallest absolute Gasteiger partial charge is 0.391 e. The van der Waals surface area contributed by atoms with Gasteiger partial charge in [-0.2, -0.15) is 0 Å². The first-order valence-corrected chi connectivity index (χ1v) is 35.5. The van der Waals surface area contributed by atoms with Gasteiger partial charge in [-0.3, -0.25) is 13.8 Å². The summed E-state index contributed by atoms with van der Waals surface area (Å²) in [6.07, 6.45) is 74.6. The predicted molar refractivity (Wildman–Crippen MR) is 332 cm³/mol. The first kappa shape index (κ1) is 75.2. The van der Waals surface area contributed by atoms with Gasteiger partial charge in [-0.25, -0.2) is 4.57 Å². The van der Waals surface area contributed by atoms with Crippen LogP contribution in [0.2, 0.25) is 0 Å². The Bertz CT molecular complexity index is 1240. The molecule has 0 aromatic carbocycles. The highest BCUT2D eigenvalue weighted by molar-refractivity contribution is 7.47. The molecule has 3 unspecified atom stereocenters. The van der Waals surface area contributed by atoms with Crippen molar-refractivity contribution in [3.8, 4) is 0 Å². The Morgan fingerprint density at radius 1 is 0.434 bits per heavy atom. The van der Waals surface area contributed by atoms with Crippen LogP contribution in [0.5, 0.6) is 0 Å². The first-order valence-electron chi connectivity index (χ1n) is 34.1. The highest BCUT2D eigenvalue weighted by Gasteiger charge is 2.28. The number of aliphatic hydroxyl groups is 1. The van der Waals surface area contributed by atoms with E-state index in [1.807, 2.05) is 21.1 Å². The van der Waals surface area contributed by atoms with Crippen molar-refractivity contribution in [2.24, 2.45) is 0 Å². The molecule has 0 aliphatic heterocycles. The second-order valence-corrected chi connectivity index (χ2v) is 26.4. The van der Waals surface area contributed by atoms with Crippen molar-refractivity contribution in [2.45, 2.75) is 373 Å². The summed E-state index contributed by atoms with van der Waals surface area (Å²) in [6.45, 7) is 4.95. The molecule has 76 heavy (non-hydrogen) atoms. The van der Waals surface area contributed by atoms with E-state index in [1.54, 1.807) is 0 Å². The maximum Gasteiger partial charge on any atom is 0.472 e. The van der Waals surface area contributed by atoms with E-state index in [2.05, 4.69) is 31.3 Å². The molecule has 0 rings (SSSR count). The zero-order valence-electron chi connectivity index (χ0n) is 52.0. The third kappa shape index (κ3) is 60.9. The molecule has 1 amide bonds. The molecule has 0 saturated heterocycles. The molecule has 0 heterocycles. The highest BCUT2D eigenvalue weighted by Crippen LogP contribution is 2.43. The number of unbranched alkanes of at least 4 members (excludes halogenated alkanes) is 49. The quantitative estimate of drug-likeness (QED) is 0.0243. The maximum atomic E-state index is 13.0. The average molecular weight is 1100 g/mol. The molecule has 0 fully saturated rings. The van der Waals surface area contributed by atoms with E-state index in [0.717, 1.165) is 38.5 Å². The number of quaternary nitrogens is 1. The summed E-state index contributed by atoms with van der Waals surface area (Å²) in [5.74, 6) is -0.136. The van der Waals surface area contributed by atoms with Gasteiger partial charge >= 0.3 is 7.82 Å². The number of nitrogens with zero attached hydrogens (tertiary/aromatic N) is 1. The van der Waals surface area contributed by atoms with E-state index in [9.17, 15) is 19.4 Å². The van der Waals surface area contributed by atoms with Crippen LogP contribution >= 0.6 is 7.82 Å². The third-order valence-corrected chi connectivity index (χ3v) is 17.0. The fourth-order valence-electron chi connectivity index (χ4n) is 10.7. The minimum atomic E-state index is -4.32. The normalized spacial score (nSPS) is 13.7. The maximum absolute atomic E-state index is 13.0. The molecule has 0 aromatic heterocycles. The summed E-state index contributed by atoms with van der Waals surface area (Å²) in [5.41, 5.74) is 0. The Hall–Kier alpha value is -0.760. The molecule has 0 aliphatic carbocycles. The van der Waals surface area contributed by atoms with Gasteiger partial charge in [-0.05, 0) is 38.5 Å². The predicted octanol–water partition coefficient (Wildman–Crippen LogP) is 21.3. The number of carbonyl (C=O) groups excluding carboxylic acids is 1. The van der Waals surface area contributed by atoms with Crippen molar-refractivity contribution < 1.29 is 32.9 Å². The molecular weight excluding hydrogens is 960 g/mol. The van der Waals surface area contributed by atoms with E-state index in [4.69, 9.17) is 9.05 Å². The van der Waals surface area contributed by atoms with Gasteiger partial charge in [0.1, 0.15) is 13.2 Å². The number of rotatable bonds is 64. The minimum Gasteiger partial charge on any atom is -0.391 e. The Morgan fingerprint density at radius 3 is 1.01 bits per heavy atom. The monoisotopic (exact) mass is 1100 g/mol. The Morgan fingerprint density at radius 2 is 0.711 bits per heavy atom. The Labute approximate surface area is 475 Å². The largest absolute Gasteiger partial charge is 0.472 e. The number of carbonyl (C=O) groups is 1. The molecule has 3 atom stereocenters. The number of nitrogens with one attached hydrogen (secondary N) is 1. The zero-order chi connectivity index (χ0) is 55.6. The van der Waals surface area contributed by atoms with Gasteiger partial charge < -0.3 is 19.8 Å². The molecular formula is C67H136N2O6P+. The zero-order valence-corrected chi connectivity index (χ0v) is 52.9. The lowest BCUT2D eigenvalue weighted by molar-refractivity contribution is -0.870. The number of hydrogen-bond acceptors (Lipinski definition) is 5. The number of hydrogen-bond donors (Lipinski definition) is 3. The second kappa shape index (κ2) is 58.9. The molecule has 0 saturated carbocycles. The van der Waals surface area contributed by atoms with Gasteiger partial charge in [0.15, 0.2) is 0 Å². The molecule has 0 bridgehead atoms. The molecule has 3 N–H and O–H groups in total. The number of phosphoric ester groups is 1. The molecule has 8 nitrogen and oxygen atoms in total. The van der Waals surface area contributed by atoms with Crippen molar-refractivity contribution in [2.75, 3.05) is 40.9 Å². The molecule has 0 aliphatic rings. The van der Waals surface area contributed by atoms with E-state index in [0.29, 0.717) is 23.9 Å².